The molecule has 0 atom stereocenters. The molecule has 2 rings (SSSR count). The molecule has 0 aromatic heterocycles. The molecular weight excluding hydrogens is 332 g/mol. The molecule has 0 spiro atoms. The molecule has 1 heterocycles. The molecule has 0 bridgehead atoms. The van der Waals surface area contributed by atoms with Crippen molar-refractivity contribution >= 4 is 17.6 Å². The van der Waals surface area contributed by atoms with Crippen LogP contribution in [0.4, 0.5) is 4.79 Å². The topological polar surface area (TPSA) is 59.1 Å². The second kappa shape index (κ2) is 8.25. The van der Waals surface area contributed by atoms with Crippen molar-refractivity contribution in [1.29, 1.82) is 0 Å². The van der Waals surface area contributed by atoms with Crippen LogP contribution < -0.4 is 4.74 Å². The molecule has 0 unspecified atom stereocenters. The van der Waals surface area contributed by atoms with Crippen LogP contribution in [0.1, 0.15) is 33.3 Å². The lowest BCUT2D eigenvalue weighted by Gasteiger charge is -2.35. The maximum absolute atomic E-state index is 12.5. The van der Waals surface area contributed by atoms with Gasteiger partial charge in [-0.1, -0.05) is 12.1 Å². The van der Waals surface area contributed by atoms with Gasteiger partial charge in [-0.3, -0.25) is 4.79 Å². The van der Waals surface area contributed by atoms with Gasteiger partial charge in [-0.05, 0) is 51.0 Å². The Balaban J connectivity index is 1.92. The van der Waals surface area contributed by atoms with Crippen LogP contribution in [0.3, 0.4) is 0 Å². The summed E-state index contributed by atoms with van der Waals surface area (Å²) < 4.78 is 10.5. The van der Waals surface area contributed by atoms with Crippen LogP contribution >= 0.6 is 0 Å². The molecule has 1 aliphatic heterocycles. The molecule has 6 nitrogen and oxygen atoms in total. The third kappa shape index (κ3) is 5.51. The zero-order valence-electron chi connectivity index (χ0n) is 16.2. The molecule has 1 fully saturated rings. The Bertz CT molecular complexity index is 666. The van der Waals surface area contributed by atoms with Crippen LogP contribution in [-0.4, -0.2) is 60.7 Å². The van der Waals surface area contributed by atoms with Crippen molar-refractivity contribution < 1.29 is 19.1 Å². The van der Waals surface area contributed by atoms with Gasteiger partial charge in [0, 0.05) is 32.3 Å². The van der Waals surface area contributed by atoms with Gasteiger partial charge >= 0.3 is 6.09 Å². The number of methoxy groups -OCH3 is 1. The third-order valence-corrected chi connectivity index (χ3v) is 4.13. The van der Waals surface area contributed by atoms with Crippen LogP contribution in [0.25, 0.3) is 5.57 Å². The minimum Gasteiger partial charge on any atom is -0.497 e. The summed E-state index contributed by atoms with van der Waals surface area (Å²) in [6.07, 6.45) is 1.32. The number of ether oxygens (including phenoxy) is 2. The lowest BCUT2D eigenvalue weighted by molar-refractivity contribution is -0.127. The monoisotopic (exact) mass is 360 g/mol. The number of carbonyl (C=O) groups is 2. The lowest BCUT2D eigenvalue weighted by atomic mass is 10.1. The van der Waals surface area contributed by atoms with Crippen molar-refractivity contribution in [1.82, 2.24) is 9.80 Å². The molecule has 1 aromatic rings. The van der Waals surface area contributed by atoms with Crippen LogP contribution in [0.15, 0.2) is 30.3 Å². The van der Waals surface area contributed by atoms with E-state index in [-0.39, 0.29) is 12.0 Å². The first kappa shape index (κ1) is 19.8. The zero-order chi connectivity index (χ0) is 19.3. The molecule has 26 heavy (non-hydrogen) atoms. The molecule has 0 aliphatic carbocycles. The van der Waals surface area contributed by atoms with E-state index in [0.717, 1.165) is 16.9 Å². The van der Waals surface area contributed by atoms with E-state index in [0.29, 0.717) is 26.2 Å². The van der Waals surface area contributed by atoms with E-state index in [1.165, 1.54) is 0 Å². The highest BCUT2D eigenvalue weighted by atomic mass is 16.6. The first-order valence-corrected chi connectivity index (χ1v) is 8.79. The minimum absolute atomic E-state index is 0.0397. The minimum atomic E-state index is -0.512. The summed E-state index contributed by atoms with van der Waals surface area (Å²) in [6.45, 7) is 9.42. The number of carbonyl (C=O) groups excluding carboxylic acids is 2. The van der Waals surface area contributed by atoms with Crippen LogP contribution in [0, 0.1) is 0 Å². The van der Waals surface area contributed by atoms with Gasteiger partial charge in [0.1, 0.15) is 11.4 Å². The zero-order valence-corrected chi connectivity index (χ0v) is 16.2. The van der Waals surface area contributed by atoms with Crippen molar-refractivity contribution in [3.63, 3.8) is 0 Å². The smallest absolute Gasteiger partial charge is 0.410 e. The summed E-state index contributed by atoms with van der Waals surface area (Å²) in [5.74, 6) is 0.744. The molecule has 142 valence electrons. The fraction of sp³-hybridized carbons (Fsp3) is 0.500. The Hall–Kier alpha value is -2.50. The van der Waals surface area contributed by atoms with E-state index < -0.39 is 5.60 Å². The van der Waals surface area contributed by atoms with E-state index in [9.17, 15) is 9.59 Å². The first-order chi connectivity index (χ1) is 12.2. The standard InChI is InChI=1S/C20H28N2O4/c1-15(16-6-8-17(25-5)9-7-16)14-18(23)21-10-12-22(13-11-21)19(24)26-20(2,3)4/h6-9,14H,10-13H2,1-5H3/b15-14+. The Morgan fingerprint density at radius 2 is 1.54 bits per heavy atom. The van der Waals surface area contributed by atoms with Crippen molar-refractivity contribution in [2.45, 2.75) is 33.3 Å². The van der Waals surface area contributed by atoms with E-state index in [2.05, 4.69) is 0 Å². The van der Waals surface area contributed by atoms with Gasteiger partial charge in [0.05, 0.1) is 7.11 Å². The normalized spacial score (nSPS) is 15.7. The number of rotatable bonds is 3. The van der Waals surface area contributed by atoms with Gasteiger partial charge in [-0.15, -0.1) is 0 Å². The molecular formula is C20H28N2O4. The highest BCUT2D eigenvalue weighted by Crippen LogP contribution is 2.19. The molecule has 6 heteroatoms. The largest absolute Gasteiger partial charge is 0.497 e. The van der Waals surface area contributed by atoms with Crippen LogP contribution in [-0.2, 0) is 9.53 Å². The number of nitrogens with zero attached hydrogens (tertiary/aromatic N) is 2. The molecule has 1 aliphatic rings. The van der Waals surface area contributed by atoms with Crippen molar-refractivity contribution in [2.24, 2.45) is 0 Å². The fourth-order valence-corrected chi connectivity index (χ4v) is 2.65. The third-order valence-electron chi connectivity index (χ3n) is 4.13. The summed E-state index contributed by atoms with van der Waals surface area (Å²) >= 11 is 0. The Morgan fingerprint density at radius 3 is 2.04 bits per heavy atom. The van der Waals surface area contributed by atoms with Crippen molar-refractivity contribution in [2.75, 3.05) is 33.3 Å². The number of allylic oxidation sites excluding steroid dienone is 1. The SMILES string of the molecule is COc1ccc(/C(C)=C/C(=O)N2CCN(C(=O)OC(C)(C)C)CC2)cc1. The Kier molecular flexibility index (Phi) is 6.29. The predicted molar refractivity (Wildman–Crippen MR) is 101 cm³/mol. The van der Waals surface area contributed by atoms with Gasteiger partial charge in [-0.2, -0.15) is 0 Å². The number of benzene rings is 1. The number of piperazine rings is 1. The van der Waals surface area contributed by atoms with E-state index in [1.54, 1.807) is 23.0 Å². The molecule has 1 aromatic carbocycles. The fourth-order valence-electron chi connectivity index (χ4n) is 2.65. The summed E-state index contributed by atoms with van der Waals surface area (Å²) in [5.41, 5.74) is 1.36. The number of hydrogen-bond acceptors (Lipinski definition) is 4. The van der Waals surface area contributed by atoms with Crippen molar-refractivity contribution in [3.8, 4) is 5.75 Å². The second-order valence-electron chi connectivity index (χ2n) is 7.35. The summed E-state index contributed by atoms with van der Waals surface area (Å²) in [5, 5.41) is 0. The predicted octanol–water partition coefficient (Wildman–Crippen LogP) is 3.18. The molecule has 0 N–H and O–H groups in total. The van der Waals surface area contributed by atoms with Gasteiger partial charge < -0.3 is 19.3 Å². The van der Waals surface area contributed by atoms with E-state index in [4.69, 9.17) is 9.47 Å². The maximum Gasteiger partial charge on any atom is 0.410 e. The van der Waals surface area contributed by atoms with Crippen LogP contribution in [0.5, 0.6) is 5.75 Å². The second-order valence-corrected chi connectivity index (χ2v) is 7.35. The van der Waals surface area contributed by atoms with Gasteiger partial charge in [-0.25, -0.2) is 4.79 Å². The van der Waals surface area contributed by atoms with Gasteiger partial charge in [0.15, 0.2) is 0 Å². The maximum atomic E-state index is 12.5. The molecule has 2 amide bonds. The highest BCUT2D eigenvalue weighted by Gasteiger charge is 2.27. The Morgan fingerprint density at radius 1 is 1.00 bits per heavy atom. The molecule has 0 saturated carbocycles. The number of amides is 2. The van der Waals surface area contributed by atoms with E-state index in [1.807, 2.05) is 52.0 Å². The van der Waals surface area contributed by atoms with E-state index >= 15 is 0 Å². The average molecular weight is 360 g/mol. The van der Waals surface area contributed by atoms with Gasteiger partial charge in [0.25, 0.3) is 0 Å². The summed E-state index contributed by atoms with van der Waals surface area (Å²) in [7, 11) is 1.62. The van der Waals surface area contributed by atoms with Crippen LogP contribution in [0.2, 0.25) is 0 Å². The van der Waals surface area contributed by atoms with Gasteiger partial charge in [0.2, 0.25) is 5.91 Å². The molecule has 0 radical (unpaired) electrons. The average Bonchev–Trinajstić information content (AvgIpc) is 2.60. The summed E-state index contributed by atoms with van der Waals surface area (Å²) in [4.78, 5) is 28.0. The Labute approximate surface area is 155 Å². The first-order valence-electron chi connectivity index (χ1n) is 8.79. The lowest BCUT2D eigenvalue weighted by Crippen LogP contribution is -2.51. The summed E-state index contributed by atoms with van der Waals surface area (Å²) in [6, 6.07) is 7.60. The quantitative estimate of drug-likeness (QED) is 0.777. The van der Waals surface area contributed by atoms with Crippen molar-refractivity contribution in [3.05, 3.63) is 35.9 Å². The number of hydrogen-bond donors (Lipinski definition) is 0. The molecule has 1 saturated heterocycles. The highest BCUT2D eigenvalue weighted by molar-refractivity contribution is 5.95.